The van der Waals surface area contributed by atoms with E-state index in [2.05, 4.69) is 20.6 Å². The maximum atomic E-state index is 13.3. The number of fused-ring (bicyclic) bond motifs is 1. The number of nitrogens with one attached hydrogen (secondary N) is 4. The summed E-state index contributed by atoms with van der Waals surface area (Å²) in [5.74, 6) is -0.415. The Kier molecular flexibility index (Phi) is 3.38. The van der Waals surface area contributed by atoms with E-state index in [0.29, 0.717) is 28.0 Å². The monoisotopic (exact) mass is 300 g/mol. The van der Waals surface area contributed by atoms with Gasteiger partial charge in [0.15, 0.2) is 0 Å². The highest BCUT2D eigenvalue weighted by Gasteiger charge is 2.06. The van der Waals surface area contributed by atoms with Crippen molar-refractivity contribution in [2.75, 3.05) is 10.6 Å². The lowest BCUT2D eigenvalue weighted by molar-refractivity contribution is 0.262. The number of carbonyl (C=O) groups excluding carboxylic acids is 1. The lowest BCUT2D eigenvalue weighted by Crippen LogP contribution is -2.19. The van der Waals surface area contributed by atoms with Crippen LogP contribution in [0, 0.1) is 12.7 Å². The van der Waals surface area contributed by atoms with Crippen LogP contribution in [0.1, 0.15) is 5.56 Å². The molecule has 112 valence electrons. The van der Waals surface area contributed by atoms with E-state index in [1.165, 1.54) is 12.1 Å². The first-order valence-corrected chi connectivity index (χ1v) is 6.57. The van der Waals surface area contributed by atoms with E-state index in [-0.39, 0.29) is 5.69 Å². The molecule has 0 spiro atoms. The minimum absolute atomic E-state index is 0.313. The van der Waals surface area contributed by atoms with Gasteiger partial charge < -0.3 is 20.6 Å². The molecule has 22 heavy (non-hydrogen) atoms. The molecule has 6 nitrogen and oxygen atoms in total. The van der Waals surface area contributed by atoms with Crippen LogP contribution in [0.25, 0.3) is 11.0 Å². The van der Waals surface area contributed by atoms with Crippen molar-refractivity contribution in [3.8, 4) is 0 Å². The number of anilines is 2. The molecule has 1 heterocycles. The van der Waals surface area contributed by atoms with Crippen LogP contribution in [0.4, 0.5) is 20.6 Å². The van der Waals surface area contributed by atoms with Gasteiger partial charge in [-0.25, -0.2) is 14.0 Å². The molecule has 2 amide bonds. The van der Waals surface area contributed by atoms with Crippen molar-refractivity contribution in [2.45, 2.75) is 6.92 Å². The largest absolute Gasteiger partial charge is 0.323 e. The number of aryl methyl sites for hydroxylation is 1. The standard InChI is InChI=1S/C15H13FN4O2/c1-8-4-9(16)6-11(5-8)18-14(21)17-10-2-3-12-13(7-10)20-15(22)19-12/h2-7H,1H3,(H2,17,18,21)(H2,19,20,22). The number of imidazole rings is 1. The van der Waals surface area contributed by atoms with E-state index in [4.69, 9.17) is 0 Å². The van der Waals surface area contributed by atoms with Crippen LogP contribution in [-0.2, 0) is 0 Å². The third-order valence-electron chi connectivity index (χ3n) is 3.07. The Labute approximate surface area is 124 Å². The molecule has 0 aliphatic rings. The summed E-state index contributed by atoms with van der Waals surface area (Å²) in [6.45, 7) is 1.74. The van der Waals surface area contributed by atoms with Crippen molar-refractivity contribution >= 4 is 28.4 Å². The zero-order valence-electron chi connectivity index (χ0n) is 11.7. The molecule has 0 bridgehead atoms. The Balaban J connectivity index is 1.76. The number of H-pyrrole nitrogens is 2. The van der Waals surface area contributed by atoms with Gasteiger partial charge in [-0.3, -0.25) is 0 Å². The summed E-state index contributed by atoms with van der Waals surface area (Å²) in [6, 6.07) is 8.73. The summed E-state index contributed by atoms with van der Waals surface area (Å²) in [7, 11) is 0. The fourth-order valence-electron chi connectivity index (χ4n) is 2.21. The van der Waals surface area contributed by atoms with Crippen molar-refractivity contribution in [3.05, 3.63) is 58.3 Å². The summed E-state index contributed by atoms with van der Waals surface area (Å²) in [4.78, 5) is 28.3. The Bertz CT molecular complexity index is 893. The van der Waals surface area contributed by atoms with E-state index < -0.39 is 11.8 Å². The Morgan fingerprint density at radius 1 is 1.00 bits per heavy atom. The number of hydrogen-bond donors (Lipinski definition) is 4. The predicted octanol–water partition coefficient (Wildman–Crippen LogP) is 2.95. The van der Waals surface area contributed by atoms with Crippen LogP contribution in [0.15, 0.2) is 41.2 Å². The van der Waals surface area contributed by atoms with Gasteiger partial charge in [-0.15, -0.1) is 0 Å². The highest BCUT2D eigenvalue weighted by Crippen LogP contribution is 2.16. The second-order valence-electron chi connectivity index (χ2n) is 4.94. The highest BCUT2D eigenvalue weighted by atomic mass is 19.1. The molecule has 0 saturated carbocycles. The predicted molar refractivity (Wildman–Crippen MR) is 82.7 cm³/mol. The van der Waals surface area contributed by atoms with Gasteiger partial charge in [-0.1, -0.05) is 0 Å². The van der Waals surface area contributed by atoms with Crippen molar-refractivity contribution in [1.82, 2.24) is 9.97 Å². The average Bonchev–Trinajstić information content (AvgIpc) is 2.76. The SMILES string of the molecule is Cc1cc(F)cc(NC(=O)Nc2ccc3[nH]c(=O)[nH]c3c2)c1. The van der Waals surface area contributed by atoms with Gasteiger partial charge in [0.2, 0.25) is 0 Å². The summed E-state index contributed by atoms with van der Waals surface area (Å²) in [5.41, 5.74) is 2.51. The molecule has 2 aromatic carbocycles. The van der Waals surface area contributed by atoms with Crippen LogP contribution in [0.5, 0.6) is 0 Å². The smallest absolute Gasteiger partial charge is 0.308 e. The molecule has 3 rings (SSSR count). The van der Waals surface area contributed by atoms with Crippen molar-refractivity contribution < 1.29 is 9.18 Å². The van der Waals surface area contributed by atoms with Gasteiger partial charge in [0.1, 0.15) is 5.82 Å². The van der Waals surface area contributed by atoms with Gasteiger partial charge in [0.25, 0.3) is 0 Å². The summed E-state index contributed by atoms with van der Waals surface area (Å²) in [5, 5.41) is 5.18. The number of aromatic amines is 2. The van der Waals surface area contributed by atoms with E-state index in [9.17, 15) is 14.0 Å². The molecule has 4 N–H and O–H groups in total. The Morgan fingerprint density at radius 3 is 2.50 bits per heavy atom. The van der Waals surface area contributed by atoms with Gasteiger partial charge >= 0.3 is 11.7 Å². The number of hydrogen-bond acceptors (Lipinski definition) is 2. The summed E-state index contributed by atoms with van der Waals surface area (Å²) >= 11 is 0. The number of urea groups is 1. The van der Waals surface area contributed by atoms with Crippen LogP contribution < -0.4 is 16.3 Å². The lowest BCUT2D eigenvalue weighted by Gasteiger charge is -2.08. The number of aromatic nitrogens is 2. The number of benzene rings is 2. The minimum atomic E-state index is -0.498. The topological polar surface area (TPSA) is 89.8 Å². The zero-order valence-corrected chi connectivity index (χ0v) is 11.7. The number of rotatable bonds is 2. The minimum Gasteiger partial charge on any atom is -0.308 e. The quantitative estimate of drug-likeness (QED) is 0.586. The molecule has 3 aromatic rings. The molecule has 0 radical (unpaired) electrons. The zero-order chi connectivity index (χ0) is 15.7. The first-order chi connectivity index (χ1) is 10.5. The average molecular weight is 300 g/mol. The van der Waals surface area contributed by atoms with Gasteiger partial charge in [0, 0.05) is 11.4 Å². The molecule has 0 fully saturated rings. The number of carbonyl (C=O) groups is 1. The maximum Gasteiger partial charge on any atom is 0.323 e. The molecule has 7 heteroatoms. The van der Waals surface area contributed by atoms with Gasteiger partial charge in [-0.05, 0) is 48.9 Å². The second kappa shape index (κ2) is 5.36. The van der Waals surface area contributed by atoms with Crippen LogP contribution in [0.3, 0.4) is 0 Å². The summed E-state index contributed by atoms with van der Waals surface area (Å²) < 4.78 is 13.3. The fraction of sp³-hybridized carbons (Fsp3) is 0.0667. The van der Waals surface area contributed by atoms with Crippen molar-refractivity contribution in [2.24, 2.45) is 0 Å². The van der Waals surface area contributed by atoms with Crippen molar-refractivity contribution in [1.29, 1.82) is 0 Å². The van der Waals surface area contributed by atoms with Crippen LogP contribution in [0.2, 0.25) is 0 Å². The van der Waals surface area contributed by atoms with Gasteiger partial charge in [0.05, 0.1) is 11.0 Å². The first kappa shape index (κ1) is 13.9. The van der Waals surface area contributed by atoms with E-state index in [1.54, 1.807) is 31.2 Å². The number of amides is 2. The third-order valence-corrected chi connectivity index (χ3v) is 3.07. The third kappa shape index (κ3) is 2.98. The van der Waals surface area contributed by atoms with Gasteiger partial charge in [-0.2, -0.15) is 0 Å². The maximum absolute atomic E-state index is 13.3. The normalized spacial score (nSPS) is 10.6. The van der Waals surface area contributed by atoms with Crippen LogP contribution >= 0.6 is 0 Å². The fourth-order valence-corrected chi connectivity index (χ4v) is 2.21. The summed E-state index contributed by atoms with van der Waals surface area (Å²) in [6.07, 6.45) is 0. The molecule has 0 unspecified atom stereocenters. The lowest BCUT2D eigenvalue weighted by atomic mass is 10.2. The molecular formula is C15H13FN4O2. The first-order valence-electron chi connectivity index (χ1n) is 6.57. The number of halogens is 1. The molecule has 0 aliphatic carbocycles. The molecular weight excluding hydrogens is 287 g/mol. The van der Waals surface area contributed by atoms with Crippen molar-refractivity contribution in [3.63, 3.8) is 0 Å². The van der Waals surface area contributed by atoms with E-state index >= 15 is 0 Å². The molecule has 1 aromatic heterocycles. The molecule has 0 atom stereocenters. The molecule has 0 saturated heterocycles. The van der Waals surface area contributed by atoms with Crippen LogP contribution in [-0.4, -0.2) is 16.0 Å². The Hall–Kier alpha value is -3.09. The highest BCUT2D eigenvalue weighted by molar-refractivity contribution is 6.00. The van der Waals surface area contributed by atoms with E-state index in [0.717, 1.165) is 0 Å². The second-order valence-corrected chi connectivity index (χ2v) is 4.94. The van der Waals surface area contributed by atoms with E-state index in [1.807, 2.05) is 0 Å². The molecule has 0 aliphatic heterocycles. The Morgan fingerprint density at radius 2 is 1.73 bits per heavy atom.